The van der Waals surface area contributed by atoms with Gasteiger partial charge in [0.2, 0.25) is 17.7 Å². The fourth-order valence-electron chi connectivity index (χ4n) is 4.40. The predicted octanol–water partition coefficient (Wildman–Crippen LogP) is 0.417. The van der Waals surface area contributed by atoms with Crippen molar-refractivity contribution < 1.29 is 24.3 Å². The average molecular weight is 546 g/mol. The molecule has 0 aliphatic rings. The van der Waals surface area contributed by atoms with Gasteiger partial charge in [0.05, 0.1) is 12.9 Å². The number of carbonyl (C=O) groups is 4. The summed E-state index contributed by atoms with van der Waals surface area (Å²) in [6, 6.07) is 13.0. The van der Waals surface area contributed by atoms with Crippen molar-refractivity contribution in [1.29, 1.82) is 0 Å². The maximum Gasteiger partial charge on any atom is 0.326 e. The molecule has 0 saturated heterocycles. The standard InChI is InChI=1S/C28H31N7O5/c29-13-25(36)33-23(12-19-15-30-16-32-19)27(38)34-22(10-17-6-2-1-3-7-17)26(37)35-24(28(39)40)11-18-14-31-21-9-5-4-8-20(18)21/h1-9,14-16,22-24,31H,10-13,29H2,(H,30,32)(H,33,36)(H,34,38)(H,35,37)(H,39,40). The van der Waals surface area contributed by atoms with Crippen LogP contribution in [0.15, 0.2) is 73.3 Å². The van der Waals surface area contributed by atoms with Gasteiger partial charge in [-0.05, 0) is 17.2 Å². The van der Waals surface area contributed by atoms with Gasteiger partial charge in [-0.15, -0.1) is 0 Å². The van der Waals surface area contributed by atoms with E-state index in [9.17, 15) is 24.3 Å². The smallest absolute Gasteiger partial charge is 0.326 e. The molecule has 12 nitrogen and oxygen atoms in total. The number of amides is 3. The fourth-order valence-corrected chi connectivity index (χ4v) is 4.40. The molecule has 4 rings (SSSR count). The van der Waals surface area contributed by atoms with E-state index in [-0.39, 0.29) is 25.8 Å². The predicted molar refractivity (Wildman–Crippen MR) is 147 cm³/mol. The maximum absolute atomic E-state index is 13.5. The topological polar surface area (TPSA) is 195 Å². The number of para-hydroxylation sites is 1. The molecule has 0 radical (unpaired) electrons. The van der Waals surface area contributed by atoms with E-state index in [1.807, 2.05) is 30.3 Å². The highest BCUT2D eigenvalue weighted by Gasteiger charge is 2.30. The van der Waals surface area contributed by atoms with Crippen molar-refractivity contribution in [3.8, 4) is 0 Å². The Labute approximate surface area is 229 Å². The Morgan fingerprint density at radius 3 is 2.17 bits per heavy atom. The van der Waals surface area contributed by atoms with Crippen molar-refractivity contribution in [3.63, 3.8) is 0 Å². The summed E-state index contributed by atoms with van der Waals surface area (Å²) in [6.07, 6.45) is 4.89. The van der Waals surface area contributed by atoms with Crippen molar-refractivity contribution in [2.75, 3.05) is 6.54 Å². The van der Waals surface area contributed by atoms with E-state index in [4.69, 9.17) is 5.73 Å². The first kappa shape index (κ1) is 28.0. The van der Waals surface area contributed by atoms with Crippen molar-refractivity contribution in [3.05, 3.63) is 90.1 Å². The SMILES string of the molecule is NCC(=O)NC(Cc1cnc[nH]1)C(=O)NC(Cc1ccccc1)C(=O)NC(Cc1c[nH]c2ccccc12)C(=O)O. The number of hydrogen-bond acceptors (Lipinski definition) is 6. The lowest BCUT2D eigenvalue weighted by Crippen LogP contribution is -2.57. The van der Waals surface area contributed by atoms with Crippen molar-refractivity contribution in [2.45, 2.75) is 37.4 Å². The number of carbonyl (C=O) groups excluding carboxylic acids is 3. The molecule has 3 unspecified atom stereocenters. The number of aliphatic carboxylic acids is 1. The number of rotatable bonds is 13. The molecule has 40 heavy (non-hydrogen) atoms. The van der Waals surface area contributed by atoms with Crippen LogP contribution >= 0.6 is 0 Å². The zero-order valence-electron chi connectivity index (χ0n) is 21.6. The van der Waals surface area contributed by atoms with Crippen LogP contribution in [0.4, 0.5) is 0 Å². The first-order valence-corrected chi connectivity index (χ1v) is 12.7. The Morgan fingerprint density at radius 1 is 0.825 bits per heavy atom. The Balaban J connectivity index is 1.54. The zero-order valence-corrected chi connectivity index (χ0v) is 21.6. The average Bonchev–Trinajstić information content (AvgIpc) is 3.62. The molecule has 0 bridgehead atoms. The molecule has 2 heterocycles. The Morgan fingerprint density at radius 2 is 1.50 bits per heavy atom. The summed E-state index contributed by atoms with van der Waals surface area (Å²) in [5.41, 5.74) is 8.36. The number of nitrogens with one attached hydrogen (secondary N) is 5. The summed E-state index contributed by atoms with van der Waals surface area (Å²) >= 11 is 0. The van der Waals surface area contributed by atoms with Gasteiger partial charge in [0.1, 0.15) is 18.1 Å². The largest absolute Gasteiger partial charge is 0.480 e. The van der Waals surface area contributed by atoms with Gasteiger partial charge in [-0.3, -0.25) is 14.4 Å². The molecule has 0 saturated carbocycles. The fraction of sp³-hybridized carbons (Fsp3) is 0.250. The third-order valence-electron chi connectivity index (χ3n) is 6.45. The maximum atomic E-state index is 13.5. The molecule has 3 amide bonds. The number of nitrogens with two attached hydrogens (primary N) is 1. The number of carboxylic acids is 1. The monoisotopic (exact) mass is 545 g/mol. The highest BCUT2D eigenvalue weighted by atomic mass is 16.4. The lowest BCUT2D eigenvalue weighted by molar-refractivity contribution is -0.142. The number of imidazole rings is 1. The molecule has 0 fully saturated rings. The van der Waals surface area contributed by atoms with Crippen LogP contribution in [0.2, 0.25) is 0 Å². The van der Waals surface area contributed by atoms with Crippen molar-refractivity contribution >= 4 is 34.6 Å². The number of hydrogen-bond donors (Lipinski definition) is 7. The third-order valence-corrected chi connectivity index (χ3v) is 6.45. The van der Waals surface area contributed by atoms with Gasteiger partial charge < -0.3 is 36.8 Å². The number of aromatic amines is 2. The molecule has 2 aromatic carbocycles. The van der Waals surface area contributed by atoms with Gasteiger partial charge in [-0.1, -0.05) is 48.5 Å². The molecule has 0 aliphatic heterocycles. The van der Waals surface area contributed by atoms with Crippen LogP contribution in [0, 0.1) is 0 Å². The minimum absolute atomic E-state index is 0.0338. The van der Waals surface area contributed by atoms with E-state index < -0.39 is 41.8 Å². The number of aromatic nitrogens is 3. The summed E-state index contributed by atoms with van der Waals surface area (Å²) < 4.78 is 0. The van der Waals surface area contributed by atoms with Gasteiger partial charge in [0.25, 0.3) is 0 Å². The molecule has 4 aromatic rings. The van der Waals surface area contributed by atoms with E-state index >= 15 is 0 Å². The second-order valence-electron chi connectivity index (χ2n) is 9.32. The van der Waals surface area contributed by atoms with Crippen molar-refractivity contribution in [1.82, 2.24) is 30.9 Å². The van der Waals surface area contributed by atoms with Gasteiger partial charge in [-0.25, -0.2) is 9.78 Å². The summed E-state index contributed by atoms with van der Waals surface area (Å²) in [4.78, 5) is 61.0. The van der Waals surface area contributed by atoms with Crippen LogP contribution in [-0.2, 0) is 38.4 Å². The van der Waals surface area contributed by atoms with Crippen LogP contribution in [-0.4, -0.2) is 68.4 Å². The minimum Gasteiger partial charge on any atom is -0.480 e. The Bertz CT molecular complexity index is 1450. The van der Waals surface area contributed by atoms with Gasteiger partial charge >= 0.3 is 5.97 Å². The quantitative estimate of drug-likeness (QED) is 0.126. The summed E-state index contributed by atoms with van der Waals surface area (Å²) in [5.74, 6) is -3.06. The van der Waals surface area contributed by atoms with E-state index in [2.05, 4.69) is 30.9 Å². The number of carboxylic acid groups (broad SMARTS) is 1. The Hall–Kier alpha value is -4.97. The molecule has 208 valence electrons. The molecule has 12 heteroatoms. The zero-order chi connectivity index (χ0) is 28.5. The lowest BCUT2D eigenvalue weighted by atomic mass is 10.0. The molecular formula is C28H31N7O5. The minimum atomic E-state index is -1.25. The highest BCUT2D eigenvalue weighted by Crippen LogP contribution is 2.19. The second-order valence-corrected chi connectivity index (χ2v) is 9.32. The normalized spacial score (nSPS) is 13.2. The lowest BCUT2D eigenvalue weighted by Gasteiger charge is -2.24. The van der Waals surface area contributed by atoms with Gasteiger partial charge in [0.15, 0.2) is 0 Å². The van der Waals surface area contributed by atoms with Crippen LogP contribution in [0.3, 0.4) is 0 Å². The summed E-state index contributed by atoms with van der Waals surface area (Å²) in [5, 5.41) is 18.6. The summed E-state index contributed by atoms with van der Waals surface area (Å²) in [6.45, 7) is -0.325. The van der Waals surface area contributed by atoms with Crippen LogP contribution < -0.4 is 21.7 Å². The first-order chi connectivity index (χ1) is 19.3. The first-order valence-electron chi connectivity index (χ1n) is 12.7. The number of fused-ring (bicyclic) bond motifs is 1. The van der Waals surface area contributed by atoms with Crippen LogP contribution in [0.5, 0.6) is 0 Å². The number of H-pyrrole nitrogens is 2. The van der Waals surface area contributed by atoms with Crippen LogP contribution in [0.1, 0.15) is 16.8 Å². The molecule has 3 atom stereocenters. The molecule has 0 spiro atoms. The highest BCUT2D eigenvalue weighted by molar-refractivity contribution is 5.94. The van der Waals surface area contributed by atoms with Gasteiger partial charge in [0, 0.05) is 48.3 Å². The molecule has 0 aliphatic carbocycles. The van der Waals surface area contributed by atoms with E-state index in [1.54, 1.807) is 30.5 Å². The molecule has 2 aromatic heterocycles. The second kappa shape index (κ2) is 13.2. The molecular weight excluding hydrogens is 514 g/mol. The van der Waals surface area contributed by atoms with Crippen LogP contribution in [0.25, 0.3) is 10.9 Å². The Kier molecular flexibility index (Phi) is 9.26. The number of nitrogens with zero attached hydrogens (tertiary/aromatic N) is 1. The molecule has 8 N–H and O–H groups in total. The third kappa shape index (κ3) is 7.32. The van der Waals surface area contributed by atoms with E-state index in [1.165, 1.54) is 12.5 Å². The van der Waals surface area contributed by atoms with Crippen molar-refractivity contribution in [2.24, 2.45) is 5.73 Å². The summed E-state index contributed by atoms with van der Waals surface area (Å²) in [7, 11) is 0. The van der Waals surface area contributed by atoms with Gasteiger partial charge in [-0.2, -0.15) is 0 Å². The number of benzene rings is 2. The van der Waals surface area contributed by atoms with E-state index in [0.717, 1.165) is 22.0 Å². The van der Waals surface area contributed by atoms with E-state index in [0.29, 0.717) is 5.69 Å².